The van der Waals surface area contributed by atoms with E-state index in [0.717, 1.165) is 40.3 Å². The minimum atomic E-state index is -4.61. The molecule has 1 aliphatic carbocycles. The second kappa shape index (κ2) is 8.01. The molecule has 0 unspecified atom stereocenters. The summed E-state index contributed by atoms with van der Waals surface area (Å²) in [6.45, 7) is 0. The molecule has 1 atom stereocenters. The van der Waals surface area contributed by atoms with Crippen LogP contribution in [0.25, 0.3) is 11.3 Å². The van der Waals surface area contributed by atoms with Gasteiger partial charge in [0.25, 0.3) is 5.91 Å². The van der Waals surface area contributed by atoms with Crippen LogP contribution in [0.2, 0.25) is 0 Å². The van der Waals surface area contributed by atoms with Crippen LogP contribution in [-0.2, 0) is 19.6 Å². The van der Waals surface area contributed by atoms with Crippen LogP contribution in [0.15, 0.2) is 36.7 Å². The Morgan fingerprint density at radius 3 is 2.77 bits per heavy atom. The number of carbonyl (C=O) groups is 1. The molecule has 0 spiro atoms. The molecule has 3 aromatic rings. The van der Waals surface area contributed by atoms with Crippen LogP contribution in [0.1, 0.15) is 46.2 Å². The van der Waals surface area contributed by atoms with Crippen LogP contribution in [0.3, 0.4) is 0 Å². The molecule has 3 heterocycles. The van der Waals surface area contributed by atoms with Gasteiger partial charge in [0.15, 0.2) is 5.69 Å². The number of pyridine rings is 2. The van der Waals surface area contributed by atoms with Gasteiger partial charge in [-0.3, -0.25) is 14.5 Å². The normalized spacial score (nSPS) is 16.0. The number of halogens is 3. The van der Waals surface area contributed by atoms with Gasteiger partial charge in [-0.05, 0) is 42.5 Å². The molecule has 4 rings (SSSR count). The van der Waals surface area contributed by atoms with Crippen molar-refractivity contribution in [2.45, 2.75) is 31.5 Å². The average Bonchev–Trinajstić information content (AvgIpc) is 3.16. The first kappa shape index (κ1) is 20.8. The van der Waals surface area contributed by atoms with Crippen molar-refractivity contribution < 1.29 is 22.7 Å². The van der Waals surface area contributed by atoms with Gasteiger partial charge in [0, 0.05) is 37.1 Å². The van der Waals surface area contributed by atoms with Crippen molar-refractivity contribution in [2.24, 2.45) is 7.05 Å². The number of carbonyl (C=O) groups excluding carboxylic acids is 1. The average molecular weight is 431 g/mol. The first-order valence-electron chi connectivity index (χ1n) is 9.67. The number of hydrogen-bond donors (Lipinski definition) is 1. The predicted molar refractivity (Wildman–Crippen MR) is 105 cm³/mol. The van der Waals surface area contributed by atoms with E-state index in [1.807, 2.05) is 12.1 Å². The quantitative estimate of drug-likeness (QED) is 0.681. The van der Waals surface area contributed by atoms with Crippen LogP contribution < -0.4 is 10.1 Å². The Morgan fingerprint density at radius 1 is 1.26 bits per heavy atom. The number of amides is 1. The predicted octanol–water partition coefficient (Wildman–Crippen LogP) is 3.71. The van der Waals surface area contributed by atoms with Gasteiger partial charge in [0.1, 0.15) is 5.69 Å². The highest BCUT2D eigenvalue weighted by Crippen LogP contribution is 2.33. The molecule has 0 fully saturated rings. The fraction of sp³-hybridized carbons (Fsp3) is 0.333. The molecular weight excluding hydrogens is 411 g/mol. The zero-order valence-corrected chi connectivity index (χ0v) is 16.9. The number of methoxy groups -OCH3 is 1. The van der Waals surface area contributed by atoms with Gasteiger partial charge >= 0.3 is 6.18 Å². The van der Waals surface area contributed by atoms with Crippen LogP contribution >= 0.6 is 0 Å². The third kappa shape index (κ3) is 4.23. The van der Waals surface area contributed by atoms with E-state index in [9.17, 15) is 18.0 Å². The molecule has 0 saturated heterocycles. The van der Waals surface area contributed by atoms with Gasteiger partial charge in [0.2, 0.25) is 5.88 Å². The summed E-state index contributed by atoms with van der Waals surface area (Å²) in [5, 5.41) is 6.28. The molecule has 0 aromatic carbocycles. The van der Waals surface area contributed by atoms with Gasteiger partial charge in [0.05, 0.1) is 18.8 Å². The molecule has 0 aliphatic heterocycles. The Morgan fingerprint density at radius 2 is 2.06 bits per heavy atom. The third-order valence-electron chi connectivity index (χ3n) is 5.28. The molecule has 7 nitrogen and oxygen atoms in total. The number of alkyl halides is 3. The molecule has 0 radical (unpaired) electrons. The summed E-state index contributed by atoms with van der Waals surface area (Å²) in [5.74, 6) is -0.147. The Kier molecular flexibility index (Phi) is 5.38. The lowest BCUT2D eigenvalue weighted by Gasteiger charge is -2.26. The summed E-state index contributed by atoms with van der Waals surface area (Å²) in [6.07, 6.45) is 1.11. The lowest BCUT2D eigenvalue weighted by atomic mass is 9.88. The lowest BCUT2D eigenvalue weighted by molar-refractivity contribution is -0.141. The van der Waals surface area contributed by atoms with E-state index in [0.29, 0.717) is 18.0 Å². The number of aromatic nitrogens is 4. The molecule has 1 aliphatic rings. The first-order chi connectivity index (χ1) is 14.8. The van der Waals surface area contributed by atoms with Crippen molar-refractivity contribution in [1.82, 2.24) is 25.1 Å². The van der Waals surface area contributed by atoms with Crippen LogP contribution in [-0.4, -0.2) is 32.8 Å². The fourth-order valence-electron chi connectivity index (χ4n) is 3.72. The van der Waals surface area contributed by atoms with Crippen LogP contribution in [0, 0.1) is 0 Å². The highest BCUT2D eigenvalue weighted by Gasteiger charge is 2.36. The number of aryl methyl sites for hydroxylation is 2. The summed E-state index contributed by atoms with van der Waals surface area (Å²) in [6, 6.07) is 5.89. The summed E-state index contributed by atoms with van der Waals surface area (Å²) in [5.41, 5.74) is 2.17. The Labute approximate surface area is 176 Å². The molecule has 3 aromatic heterocycles. The van der Waals surface area contributed by atoms with Crippen molar-refractivity contribution in [1.29, 1.82) is 0 Å². The largest absolute Gasteiger partial charge is 0.481 e. The van der Waals surface area contributed by atoms with E-state index in [1.165, 1.54) is 14.2 Å². The molecule has 0 bridgehead atoms. The zero-order chi connectivity index (χ0) is 22.2. The number of hydrogen-bond acceptors (Lipinski definition) is 5. The van der Waals surface area contributed by atoms with Crippen LogP contribution in [0.5, 0.6) is 5.88 Å². The Balaban J connectivity index is 1.62. The zero-order valence-electron chi connectivity index (χ0n) is 16.9. The minimum absolute atomic E-state index is 0.146. The van der Waals surface area contributed by atoms with E-state index in [4.69, 9.17) is 4.74 Å². The number of nitrogens with zero attached hydrogens (tertiary/aromatic N) is 4. The molecule has 10 heteroatoms. The third-order valence-corrected chi connectivity index (χ3v) is 5.28. The molecule has 1 N–H and O–H groups in total. The van der Waals surface area contributed by atoms with Crippen molar-refractivity contribution in [2.75, 3.05) is 7.11 Å². The van der Waals surface area contributed by atoms with Crippen molar-refractivity contribution in [3.63, 3.8) is 0 Å². The standard InChI is InChI=1S/C21H20F3N5O2/c1-29-17(10-18(28-29)21(22,23)24)20(30)27-15-5-3-4-13-11-26-16(9-14(13)15)12-6-7-25-19(8-12)31-2/h6-11,15H,3-5H2,1-2H3,(H,27,30)/t15-/m1/s1. The summed E-state index contributed by atoms with van der Waals surface area (Å²) in [4.78, 5) is 21.4. The first-order valence-corrected chi connectivity index (χ1v) is 9.67. The molecule has 31 heavy (non-hydrogen) atoms. The van der Waals surface area contributed by atoms with E-state index < -0.39 is 17.8 Å². The van der Waals surface area contributed by atoms with Gasteiger partial charge in [-0.15, -0.1) is 0 Å². The fourth-order valence-corrected chi connectivity index (χ4v) is 3.72. The summed E-state index contributed by atoms with van der Waals surface area (Å²) < 4.78 is 44.9. The summed E-state index contributed by atoms with van der Waals surface area (Å²) in [7, 11) is 2.85. The topological polar surface area (TPSA) is 81.9 Å². The lowest BCUT2D eigenvalue weighted by Crippen LogP contribution is -2.32. The van der Waals surface area contributed by atoms with E-state index in [2.05, 4.69) is 20.4 Å². The van der Waals surface area contributed by atoms with Crippen LogP contribution in [0.4, 0.5) is 13.2 Å². The maximum atomic E-state index is 12.9. The monoisotopic (exact) mass is 431 g/mol. The number of fused-ring (bicyclic) bond motifs is 1. The Hall–Kier alpha value is -3.43. The number of nitrogens with one attached hydrogen (secondary N) is 1. The molecular formula is C21H20F3N5O2. The van der Waals surface area contributed by atoms with E-state index in [-0.39, 0.29) is 11.7 Å². The van der Waals surface area contributed by atoms with Gasteiger partial charge < -0.3 is 10.1 Å². The maximum absolute atomic E-state index is 12.9. The van der Waals surface area contributed by atoms with E-state index >= 15 is 0 Å². The number of rotatable bonds is 4. The minimum Gasteiger partial charge on any atom is -0.481 e. The van der Waals surface area contributed by atoms with Gasteiger partial charge in [-0.1, -0.05) is 0 Å². The van der Waals surface area contributed by atoms with Crippen molar-refractivity contribution in [3.8, 4) is 17.1 Å². The summed E-state index contributed by atoms with van der Waals surface area (Å²) >= 11 is 0. The van der Waals surface area contributed by atoms with Crippen molar-refractivity contribution >= 4 is 5.91 Å². The van der Waals surface area contributed by atoms with Gasteiger partial charge in [-0.2, -0.15) is 18.3 Å². The maximum Gasteiger partial charge on any atom is 0.435 e. The molecule has 0 saturated carbocycles. The second-order valence-corrected chi connectivity index (χ2v) is 7.31. The van der Waals surface area contributed by atoms with Gasteiger partial charge in [-0.25, -0.2) is 4.98 Å². The van der Waals surface area contributed by atoms with Crippen molar-refractivity contribution in [3.05, 3.63) is 59.2 Å². The number of ether oxygens (including phenoxy) is 1. The molecule has 162 valence electrons. The molecule has 1 amide bonds. The van der Waals surface area contributed by atoms with E-state index in [1.54, 1.807) is 18.5 Å². The highest BCUT2D eigenvalue weighted by molar-refractivity contribution is 5.93. The Bertz CT molecular complexity index is 1130. The highest BCUT2D eigenvalue weighted by atomic mass is 19.4. The SMILES string of the molecule is COc1cc(-c2cc3c(cn2)CCC[C@H]3NC(=O)c2cc(C(F)(F)F)nn2C)ccn1. The smallest absolute Gasteiger partial charge is 0.435 e. The second-order valence-electron chi connectivity index (χ2n) is 7.31.